The van der Waals surface area contributed by atoms with Crippen LogP contribution in [-0.2, 0) is 15.7 Å². The van der Waals surface area contributed by atoms with Crippen LogP contribution in [0.25, 0.3) is 0 Å². The molecule has 1 N–H and O–H groups in total. The molecule has 6 nitrogen and oxygen atoms in total. The van der Waals surface area contributed by atoms with Crippen LogP contribution < -0.4 is 14.8 Å². The topological polar surface area (TPSA) is 73.9 Å². The number of nitrogens with one attached hydrogen (secondary N) is 1. The minimum atomic E-state index is -4.54. The lowest BCUT2D eigenvalue weighted by Gasteiger charge is -2.16. The number of esters is 1. The summed E-state index contributed by atoms with van der Waals surface area (Å²) in [7, 11) is 2.81. The third-order valence-electron chi connectivity index (χ3n) is 3.74. The second-order valence-electron chi connectivity index (χ2n) is 5.68. The Morgan fingerprint density at radius 3 is 2.36 bits per heavy atom. The number of carbonyl (C=O) groups excluding carboxylic acids is 2. The number of benzene rings is 2. The Morgan fingerprint density at radius 1 is 1.04 bits per heavy atom. The molecule has 0 radical (unpaired) electrons. The number of hydrogen-bond acceptors (Lipinski definition) is 5. The van der Waals surface area contributed by atoms with Crippen molar-refractivity contribution >= 4 is 17.6 Å². The minimum absolute atomic E-state index is 0.0650. The summed E-state index contributed by atoms with van der Waals surface area (Å²) in [5.41, 5.74) is -0.898. The lowest BCUT2D eigenvalue weighted by Crippen LogP contribution is -2.30. The summed E-state index contributed by atoms with van der Waals surface area (Å²) < 4.78 is 53.5. The van der Waals surface area contributed by atoms with E-state index in [9.17, 15) is 22.8 Å². The van der Waals surface area contributed by atoms with Crippen LogP contribution in [0.15, 0.2) is 42.5 Å². The molecule has 2 aromatic carbocycles. The first-order valence-corrected chi connectivity index (χ1v) is 8.07. The molecule has 150 valence electrons. The third kappa shape index (κ3) is 5.15. The highest BCUT2D eigenvalue weighted by Crippen LogP contribution is 2.30. The van der Waals surface area contributed by atoms with Crippen molar-refractivity contribution in [1.82, 2.24) is 0 Å². The summed E-state index contributed by atoms with van der Waals surface area (Å²) >= 11 is 0. The summed E-state index contributed by atoms with van der Waals surface area (Å²) in [4.78, 5) is 24.5. The number of anilines is 1. The molecule has 2 rings (SSSR count). The largest absolute Gasteiger partial charge is 0.497 e. The highest BCUT2D eigenvalue weighted by atomic mass is 19.4. The normalized spacial score (nSPS) is 12.1. The van der Waals surface area contributed by atoms with Crippen LogP contribution >= 0.6 is 0 Å². The molecule has 0 aliphatic carbocycles. The summed E-state index contributed by atoms with van der Waals surface area (Å²) in [6.45, 7) is 1.30. The van der Waals surface area contributed by atoms with Gasteiger partial charge in [-0.15, -0.1) is 0 Å². The minimum Gasteiger partial charge on any atom is -0.497 e. The van der Waals surface area contributed by atoms with Gasteiger partial charge in [0, 0.05) is 11.8 Å². The molecule has 1 amide bonds. The van der Waals surface area contributed by atoms with Gasteiger partial charge < -0.3 is 19.5 Å². The molecule has 0 heterocycles. The van der Waals surface area contributed by atoms with Crippen LogP contribution in [0.5, 0.6) is 11.5 Å². The fourth-order valence-electron chi connectivity index (χ4n) is 2.26. The van der Waals surface area contributed by atoms with Crippen LogP contribution in [0.1, 0.15) is 22.8 Å². The first-order valence-electron chi connectivity index (χ1n) is 8.07. The number of methoxy groups -OCH3 is 2. The molecule has 0 saturated carbocycles. The number of ether oxygens (including phenoxy) is 3. The van der Waals surface area contributed by atoms with Crippen molar-refractivity contribution in [2.75, 3.05) is 19.5 Å². The Hall–Kier alpha value is -3.23. The predicted octanol–water partition coefficient (Wildman–Crippen LogP) is 3.91. The quantitative estimate of drug-likeness (QED) is 0.749. The van der Waals surface area contributed by atoms with Crippen molar-refractivity contribution in [2.45, 2.75) is 19.2 Å². The average molecular weight is 397 g/mol. The van der Waals surface area contributed by atoms with Gasteiger partial charge in [-0.1, -0.05) is 6.07 Å². The Kier molecular flexibility index (Phi) is 6.50. The summed E-state index contributed by atoms with van der Waals surface area (Å²) in [5.74, 6) is -0.954. The highest BCUT2D eigenvalue weighted by molar-refractivity contribution is 5.98. The van der Waals surface area contributed by atoms with E-state index in [0.29, 0.717) is 5.75 Å². The first-order chi connectivity index (χ1) is 13.2. The Bertz CT molecular complexity index is 867. The molecule has 0 aliphatic heterocycles. The Morgan fingerprint density at radius 2 is 1.75 bits per heavy atom. The van der Waals surface area contributed by atoms with E-state index in [4.69, 9.17) is 14.2 Å². The molecule has 0 unspecified atom stereocenters. The van der Waals surface area contributed by atoms with Gasteiger partial charge in [-0.05, 0) is 37.3 Å². The van der Waals surface area contributed by atoms with Gasteiger partial charge in [-0.3, -0.25) is 4.79 Å². The van der Waals surface area contributed by atoms with Gasteiger partial charge in [0.15, 0.2) is 6.10 Å². The number of alkyl halides is 3. The van der Waals surface area contributed by atoms with Crippen molar-refractivity contribution in [3.8, 4) is 11.5 Å². The van der Waals surface area contributed by atoms with Crippen molar-refractivity contribution in [1.29, 1.82) is 0 Å². The first kappa shape index (κ1) is 21.1. The van der Waals surface area contributed by atoms with Gasteiger partial charge in [0.2, 0.25) is 0 Å². The Labute approximate surface area is 159 Å². The molecule has 1 atom stereocenters. The highest BCUT2D eigenvalue weighted by Gasteiger charge is 2.30. The van der Waals surface area contributed by atoms with E-state index in [-0.39, 0.29) is 17.0 Å². The lowest BCUT2D eigenvalue weighted by molar-refractivity contribution is -0.137. The van der Waals surface area contributed by atoms with Crippen LogP contribution in [0.2, 0.25) is 0 Å². The number of halogens is 3. The van der Waals surface area contributed by atoms with Gasteiger partial charge in [0.25, 0.3) is 5.91 Å². The standard InChI is InChI=1S/C19H18F3NO5/c1-11(17(24)23-13-6-4-5-12(9-13)19(20,21)22)28-18(25)15-8-7-14(26-2)10-16(15)27-3/h4-11H,1-3H3,(H,23,24)/t11-/m1/s1. The maximum Gasteiger partial charge on any atom is 0.416 e. The van der Waals surface area contributed by atoms with E-state index >= 15 is 0 Å². The van der Waals surface area contributed by atoms with E-state index in [1.165, 1.54) is 45.4 Å². The molecule has 28 heavy (non-hydrogen) atoms. The molecular weight excluding hydrogens is 379 g/mol. The zero-order chi connectivity index (χ0) is 20.9. The predicted molar refractivity (Wildman–Crippen MR) is 94.5 cm³/mol. The number of hydrogen-bond donors (Lipinski definition) is 1. The zero-order valence-electron chi connectivity index (χ0n) is 15.3. The van der Waals surface area contributed by atoms with Crippen molar-refractivity contribution < 1.29 is 37.0 Å². The van der Waals surface area contributed by atoms with E-state index in [1.54, 1.807) is 0 Å². The summed E-state index contributed by atoms with van der Waals surface area (Å²) in [6, 6.07) is 8.55. The van der Waals surface area contributed by atoms with Crippen LogP contribution in [-0.4, -0.2) is 32.2 Å². The fraction of sp³-hybridized carbons (Fsp3) is 0.263. The van der Waals surface area contributed by atoms with Gasteiger partial charge >= 0.3 is 12.1 Å². The van der Waals surface area contributed by atoms with Crippen molar-refractivity contribution in [3.63, 3.8) is 0 Å². The van der Waals surface area contributed by atoms with Gasteiger partial charge in [0.05, 0.1) is 19.8 Å². The van der Waals surface area contributed by atoms with Crippen LogP contribution in [0, 0.1) is 0 Å². The second kappa shape index (κ2) is 8.64. The molecular formula is C19H18F3NO5. The molecule has 0 aromatic heterocycles. The second-order valence-corrected chi connectivity index (χ2v) is 5.68. The van der Waals surface area contributed by atoms with Crippen LogP contribution in [0.3, 0.4) is 0 Å². The fourth-order valence-corrected chi connectivity index (χ4v) is 2.26. The maximum absolute atomic E-state index is 12.7. The van der Waals surface area contributed by atoms with Gasteiger partial charge in [-0.25, -0.2) is 4.79 Å². The monoisotopic (exact) mass is 397 g/mol. The lowest BCUT2D eigenvalue weighted by atomic mass is 10.2. The van der Waals surface area contributed by atoms with E-state index in [1.807, 2.05) is 0 Å². The smallest absolute Gasteiger partial charge is 0.416 e. The van der Waals surface area contributed by atoms with Crippen LogP contribution in [0.4, 0.5) is 18.9 Å². The van der Waals surface area contributed by atoms with Crippen molar-refractivity contribution in [3.05, 3.63) is 53.6 Å². The molecule has 0 fully saturated rings. The molecule has 9 heteroatoms. The zero-order valence-corrected chi connectivity index (χ0v) is 15.3. The van der Waals surface area contributed by atoms with E-state index < -0.39 is 29.7 Å². The number of carbonyl (C=O) groups is 2. The molecule has 0 aliphatic rings. The SMILES string of the molecule is COc1ccc(C(=O)O[C@H](C)C(=O)Nc2cccc(C(F)(F)F)c2)c(OC)c1. The molecule has 2 aromatic rings. The Balaban J connectivity index is 2.07. The number of rotatable bonds is 6. The number of amides is 1. The molecule has 0 bridgehead atoms. The van der Waals surface area contributed by atoms with E-state index in [2.05, 4.69) is 5.32 Å². The van der Waals surface area contributed by atoms with Gasteiger partial charge in [-0.2, -0.15) is 13.2 Å². The van der Waals surface area contributed by atoms with E-state index in [0.717, 1.165) is 18.2 Å². The summed E-state index contributed by atoms with van der Waals surface area (Å²) in [5, 5.41) is 2.29. The third-order valence-corrected chi connectivity index (χ3v) is 3.74. The van der Waals surface area contributed by atoms with Gasteiger partial charge in [0.1, 0.15) is 17.1 Å². The summed E-state index contributed by atoms with van der Waals surface area (Å²) in [6.07, 6.45) is -5.79. The van der Waals surface area contributed by atoms with Crippen molar-refractivity contribution in [2.24, 2.45) is 0 Å². The average Bonchev–Trinajstić information content (AvgIpc) is 2.66. The maximum atomic E-state index is 12.7. The molecule has 0 saturated heterocycles. The molecule has 0 spiro atoms.